The van der Waals surface area contributed by atoms with E-state index < -0.39 is 17.7 Å². The molecule has 0 radical (unpaired) electrons. The molecule has 1 atom stereocenters. The number of likely N-dealkylation sites (tertiary alicyclic amines) is 1. The van der Waals surface area contributed by atoms with Crippen LogP contribution < -0.4 is 15.4 Å². The van der Waals surface area contributed by atoms with Crippen LogP contribution in [-0.4, -0.2) is 54.8 Å². The first kappa shape index (κ1) is 33.7. The Bertz CT molecular complexity index is 1410. The van der Waals surface area contributed by atoms with Crippen LogP contribution in [0.25, 0.3) is 0 Å². The normalized spacial score (nSPS) is 14.3. The standard InChI is InChI=1S/C35H43N3O6S/c1-35(2,3)44-33(40)37-29(21-25-17-19-38(20-18-25)34(41)43-23-26-11-7-5-8-12-26)32(39)36-28-15-16-31(30(22-28)42-4)45-24-27-13-9-6-10-14-27/h5-16,22,25,29H,17-21,23-24H2,1-4H3,(H,36,39)(H,37,40)/t29-/m0/s1. The lowest BCUT2D eigenvalue weighted by atomic mass is 9.90. The van der Waals surface area contributed by atoms with E-state index in [4.69, 9.17) is 14.2 Å². The molecule has 0 saturated carbocycles. The smallest absolute Gasteiger partial charge is 0.410 e. The van der Waals surface area contributed by atoms with Crippen LogP contribution in [0, 0.1) is 5.92 Å². The SMILES string of the molecule is COc1cc(NC(=O)[C@H](CC2CCN(C(=O)OCc3ccccc3)CC2)NC(=O)OC(C)(C)C)ccc1SCc1ccccc1. The molecule has 10 heteroatoms. The molecular formula is C35H43N3O6S. The van der Waals surface area contributed by atoms with Gasteiger partial charge in [-0.05, 0) is 69.2 Å². The number of carbonyl (C=O) groups excluding carboxylic acids is 3. The van der Waals surface area contributed by atoms with Crippen molar-refractivity contribution in [2.75, 3.05) is 25.5 Å². The molecule has 1 heterocycles. The molecule has 0 aliphatic carbocycles. The van der Waals surface area contributed by atoms with Gasteiger partial charge in [-0.3, -0.25) is 4.79 Å². The van der Waals surface area contributed by atoms with E-state index in [0.717, 1.165) is 16.2 Å². The average Bonchev–Trinajstić information content (AvgIpc) is 3.03. The lowest BCUT2D eigenvalue weighted by Gasteiger charge is -2.33. The van der Waals surface area contributed by atoms with Crippen LogP contribution in [0.4, 0.5) is 15.3 Å². The van der Waals surface area contributed by atoms with Crippen molar-refractivity contribution < 1.29 is 28.6 Å². The first-order valence-corrected chi connectivity index (χ1v) is 16.2. The Labute approximate surface area is 270 Å². The van der Waals surface area contributed by atoms with E-state index in [2.05, 4.69) is 22.8 Å². The molecule has 3 amide bonds. The number of amides is 3. The average molecular weight is 634 g/mol. The highest BCUT2D eigenvalue weighted by molar-refractivity contribution is 7.98. The number of ether oxygens (including phenoxy) is 3. The summed E-state index contributed by atoms with van der Waals surface area (Å²) in [6.45, 7) is 6.57. The summed E-state index contributed by atoms with van der Waals surface area (Å²) in [4.78, 5) is 41.6. The van der Waals surface area contributed by atoms with Crippen molar-refractivity contribution in [1.29, 1.82) is 0 Å². The molecule has 3 aromatic rings. The largest absolute Gasteiger partial charge is 0.496 e. The van der Waals surface area contributed by atoms with E-state index in [1.165, 1.54) is 5.56 Å². The van der Waals surface area contributed by atoms with Gasteiger partial charge < -0.3 is 29.7 Å². The Kier molecular flexibility index (Phi) is 12.2. The third kappa shape index (κ3) is 11.0. The van der Waals surface area contributed by atoms with Crippen molar-refractivity contribution in [3.05, 3.63) is 90.0 Å². The van der Waals surface area contributed by atoms with Gasteiger partial charge in [-0.1, -0.05) is 60.7 Å². The number of methoxy groups -OCH3 is 1. The summed E-state index contributed by atoms with van der Waals surface area (Å²) in [5.74, 6) is 1.20. The zero-order valence-electron chi connectivity index (χ0n) is 26.4. The minimum Gasteiger partial charge on any atom is -0.496 e. The quantitative estimate of drug-likeness (QED) is 0.214. The van der Waals surface area contributed by atoms with Crippen molar-refractivity contribution >= 4 is 35.5 Å². The lowest BCUT2D eigenvalue weighted by molar-refractivity contribution is -0.118. The van der Waals surface area contributed by atoms with Crippen LogP contribution in [0.5, 0.6) is 5.75 Å². The van der Waals surface area contributed by atoms with E-state index in [-0.39, 0.29) is 24.5 Å². The summed E-state index contributed by atoms with van der Waals surface area (Å²) in [6, 6.07) is 24.4. The fraction of sp³-hybridized carbons (Fsp3) is 0.400. The van der Waals surface area contributed by atoms with E-state index >= 15 is 0 Å². The van der Waals surface area contributed by atoms with E-state index in [9.17, 15) is 14.4 Å². The highest BCUT2D eigenvalue weighted by atomic mass is 32.2. The molecular weight excluding hydrogens is 590 g/mol. The molecule has 3 aromatic carbocycles. The van der Waals surface area contributed by atoms with Crippen LogP contribution in [0.1, 0.15) is 51.2 Å². The van der Waals surface area contributed by atoms with Gasteiger partial charge in [0.1, 0.15) is 24.0 Å². The Morgan fingerprint density at radius 1 is 0.933 bits per heavy atom. The fourth-order valence-corrected chi connectivity index (χ4v) is 5.97. The van der Waals surface area contributed by atoms with E-state index in [1.54, 1.807) is 50.6 Å². The Morgan fingerprint density at radius 3 is 2.20 bits per heavy atom. The third-order valence-corrected chi connectivity index (χ3v) is 8.45. The van der Waals surface area contributed by atoms with Gasteiger partial charge in [0.05, 0.1) is 7.11 Å². The van der Waals surface area contributed by atoms with Crippen molar-refractivity contribution in [2.24, 2.45) is 5.92 Å². The van der Waals surface area contributed by atoms with Gasteiger partial charge in [0.15, 0.2) is 0 Å². The summed E-state index contributed by atoms with van der Waals surface area (Å²) in [5, 5.41) is 5.73. The summed E-state index contributed by atoms with van der Waals surface area (Å²) in [5.41, 5.74) is 1.98. The molecule has 1 fully saturated rings. The third-order valence-electron chi connectivity index (χ3n) is 7.32. The summed E-state index contributed by atoms with van der Waals surface area (Å²) in [6.07, 6.45) is 0.760. The predicted octanol–water partition coefficient (Wildman–Crippen LogP) is 7.26. The van der Waals surface area contributed by atoms with Crippen LogP contribution >= 0.6 is 11.8 Å². The molecule has 1 aliphatic rings. The van der Waals surface area contributed by atoms with Gasteiger partial charge in [0.25, 0.3) is 0 Å². The summed E-state index contributed by atoms with van der Waals surface area (Å²) in [7, 11) is 1.60. The Balaban J connectivity index is 1.36. The molecule has 0 bridgehead atoms. The second kappa shape index (κ2) is 16.2. The maximum absolute atomic E-state index is 13.6. The molecule has 4 rings (SSSR count). The molecule has 0 unspecified atom stereocenters. The molecule has 0 spiro atoms. The number of nitrogens with zero attached hydrogens (tertiary/aromatic N) is 1. The van der Waals surface area contributed by atoms with Crippen LogP contribution in [0.15, 0.2) is 83.8 Å². The first-order chi connectivity index (χ1) is 21.6. The van der Waals surface area contributed by atoms with Gasteiger partial charge in [-0.2, -0.15) is 0 Å². The maximum atomic E-state index is 13.6. The number of thioether (sulfide) groups is 1. The maximum Gasteiger partial charge on any atom is 0.410 e. The van der Waals surface area contributed by atoms with E-state index in [1.807, 2.05) is 60.7 Å². The predicted molar refractivity (Wildman–Crippen MR) is 176 cm³/mol. The number of alkyl carbamates (subject to hydrolysis) is 1. The van der Waals surface area contributed by atoms with Gasteiger partial charge in [0.2, 0.25) is 5.91 Å². The van der Waals surface area contributed by atoms with Crippen molar-refractivity contribution in [3.8, 4) is 5.75 Å². The van der Waals surface area contributed by atoms with Gasteiger partial charge in [-0.25, -0.2) is 9.59 Å². The number of anilines is 1. The van der Waals surface area contributed by atoms with E-state index in [0.29, 0.717) is 43.8 Å². The zero-order valence-corrected chi connectivity index (χ0v) is 27.2. The number of piperidine rings is 1. The number of rotatable bonds is 11. The molecule has 240 valence electrons. The number of benzene rings is 3. The minimum atomic E-state index is -0.834. The monoisotopic (exact) mass is 633 g/mol. The fourth-order valence-electron chi connectivity index (χ4n) is 5.01. The molecule has 0 aromatic heterocycles. The first-order valence-electron chi connectivity index (χ1n) is 15.2. The zero-order chi connectivity index (χ0) is 32.2. The topological polar surface area (TPSA) is 106 Å². The number of nitrogens with one attached hydrogen (secondary N) is 2. The summed E-state index contributed by atoms with van der Waals surface area (Å²) < 4.78 is 16.6. The molecule has 2 N–H and O–H groups in total. The van der Waals surface area contributed by atoms with Gasteiger partial charge in [0, 0.05) is 35.5 Å². The second-order valence-electron chi connectivity index (χ2n) is 12.0. The molecule has 9 nitrogen and oxygen atoms in total. The highest BCUT2D eigenvalue weighted by Gasteiger charge is 2.31. The summed E-state index contributed by atoms with van der Waals surface area (Å²) >= 11 is 1.65. The van der Waals surface area contributed by atoms with Crippen LogP contribution in [0.2, 0.25) is 0 Å². The lowest BCUT2D eigenvalue weighted by Crippen LogP contribution is -2.48. The van der Waals surface area contributed by atoms with Crippen LogP contribution in [0.3, 0.4) is 0 Å². The molecule has 1 aliphatic heterocycles. The van der Waals surface area contributed by atoms with Crippen molar-refractivity contribution in [2.45, 2.75) is 68.9 Å². The minimum absolute atomic E-state index is 0.111. The number of carbonyl (C=O) groups is 3. The van der Waals surface area contributed by atoms with Crippen LogP contribution in [-0.2, 0) is 26.6 Å². The van der Waals surface area contributed by atoms with Gasteiger partial charge >= 0.3 is 12.2 Å². The highest BCUT2D eigenvalue weighted by Crippen LogP contribution is 2.34. The Morgan fingerprint density at radius 2 is 1.58 bits per heavy atom. The van der Waals surface area contributed by atoms with Crippen molar-refractivity contribution in [3.63, 3.8) is 0 Å². The van der Waals surface area contributed by atoms with Crippen molar-refractivity contribution in [1.82, 2.24) is 10.2 Å². The number of hydrogen-bond donors (Lipinski definition) is 2. The Hall–Kier alpha value is -4.18. The molecule has 1 saturated heterocycles. The second-order valence-corrected chi connectivity index (χ2v) is 13.1. The van der Waals surface area contributed by atoms with Gasteiger partial charge in [-0.15, -0.1) is 11.8 Å². The number of hydrogen-bond acceptors (Lipinski definition) is 7. The molecule has 45 heavy (non-hydrogen) atoms.